The lowest BCUT2D eigenvalue weighted by Gasteiger charge is -2.09. The molecule has 25 heavy (non-hydrogen) atoms. The molecule has 1 N–H and O–H groups in total. The molecule has 0 aliphatic rings. The molecule has 2 heterocycles. The number of nitro groups is 1. The summed E-state index contributed by atoms with van der Waals surface area (Å²) < 4.78 is 2.49. The largest absolute Gasteiger partial charge is 0.390 e. The molecule has 0 fully saturated rings. The molecule has 0 unspecified atom stereocenters. The van der Waals surface area contributed by atoms with E-state index >= 15 is 0 Å². The SMILES string of the molecule is Cc1ccc2nc(NC(=O)[C@H](C)Cn3nc([N+](=O)[O-])cc3C)sc2c1. The van der Waals surface area contributed by atoms with Crippen LogP contribution in [-0.2, 0) is 11.3 Å². The number of carbonyl (C=O) groups is 1. The number of anilines is 1. The lowest BCUT2D eigenvalue weighted by atomic mass is 10.1. The van der Waals surface area contributed by atoms with Crippen molar-refractivity contribution < 1.29 is 9.72 Å². The maximum Gasteiger partial charge on any atom is 0.390 e. The smallest absolute Gasteiger partial charge is 0.358 e. The number of hydrogen-bond acceptors (Lipinski definition) is 6. The molecule has 2 aromatic heterocycles. The number of carbonyl (C=O) groups excluding carboxylic acids is 1. The second-order valence-corrected chi connectivity index (χ2v) is 6.99. The Morgan fingerprint density at radius 2 is 2.16 bits per heavy atom. The van der Waals surface area contributed by atoms with Crippen molar-refractivity contribution >= 4 is 38.4 Å². The van der Waals surface area contributed by atoms with Crippen molar-refractivity contribution in [1.29, 1.82) is 0 Å². The fourth-order valence-electron chi connectivity index (χ4n) is 2.42. The molecule has 130 valence electrons. The summed E-state index contributed by atoms with van der Waals surface area (Å²) in [5, 5.41) is 18.0. The monoisotopic (exact) mass is 359 g/mol. The molecule has 3 rings (SSSR count). The molecular formula is C16H17N5O3S. The molecular weight excluding hydrogens is 342 g/mol. The standard InChI is InChI=1S/C16H17N5O3S/c1-9-4-5-12-13(6-9)25-16(17-12)18-15(22)10(2)8-20-11(3)7-14(19-20)21(23)24/h4-7,10H,8H2,1-3H3,(H,17,18,22)/t10-/m1/s1. The van der Waals surface area contributed by atoms with Crippen LogP contribution in [0.5, 0.6) is 0 Å². The van der Waals surface area contributed by atoms with E-state index in [4.69, 9.17) is 0 Å². The van der Waals surface area contributed by atoms with Gasteiger partial charge in [0, 0.05) is 0 Å². The van der Waals surface area contributed by atoms with Gasteiger partial charge in [0.25, 0.3) is 0 Å². The van der Waals surface area contributed by atoms with Gasteiger partial charge in [0.2, 0.25) is 5.91 Å². The summed E-state index contributed by atoms with van der Waals surface area (Å²) in [7, 11) is 0. The van der Waals surface area contributed by atoms with Gasteiger partial charge >= 0.3 is 5.82 Å². The maximum atomic E-state index is 12.4. The number of amides is 1. The Hall–Kier alpha value is -2.81. The quantitative estimate of drug-likeness (QED) is 0.556. The van der Waals surface area contributed by atoms with Crippen LogP contribution in [0.3, 0.4) is 0 Å². The van der Waals surface area contributed by atoms with E-state index in [-0.39, 0.29) is 18.3 Å². The molecule has 1 amide bonds. The van der Waals surface area contributed by atoms with E-state index in [1.54, 1.807) is 13.8 Å². The van der Waals surface area contributed by atoms with E-state index in [9.17, 15) is 14.9 Å². The average Bonchev–Trinajstić information content (AvgIpc) is 3.10. The summed E-state index contributed by atoms with van der Waals surface area (Å²) in [5.41, 5.74) is 2.62. The molecule has 0 spiro atoms. The van der Waals surface area contributed by atoms with E-state index in [0.717, 1.165) is 15.8 Å². The van der Waals surface area contributed by atoms with Gasteiger partial charge in [-0.2, -0.15) is 4.68 Å². The lowest BCUT2D eigenvalue weighted by molar-refractivity contribution is -0.389. The number of nitrogens with zero attached hydrogens (tertiary/aromatic N) is 4. The molecule has 8 nitrogen and oxygen atoms in total. The van der Waals surface area contributed by atoms with Crippen molar-refractivity contribution in [1.82, 2.24) is 14.8 Å². The average molecular weight is 359 g/mol. The van der Waals surface area contributed by atoms with Crippen LogP contribution in [-0.4, -0.2) is 25.6 Å². The topological polar surface area (TPSA) is 103 Å². The molecule has 9 heteroatoms. The minimum Gasteiger partial charge on any atom is -0.358 e. The zero-order valence-corrected chi connectivity index (χ0v) is 14.8. The van der Waals surface area contributed by atoms with E-state index in [0.29, 0.717) is 10.8 Å². The van der Waals surface area contributed by atoms with Gasteiger partial charge in [-0.15, -0.1) is 0 Å². The van der Waals surface area contributed by atoms with Crippen molar-refractivity contribution in [3.63, 3.8) is 0 Å². The number of hydrogen-bond donors (Lipinski definition) is 1. The van der Waals surface area contributed by atoms with Crippen LogP contribution in [0.2, 0.25) is 0 Å². The first-order valence-corrected chi connectivity index (χ1v) is 8.52. The van der Waals surface area contributed by atoms with Gasteiger partial charge in [-0.3, -0.25) is 4.79 Å². The molecule has 1 atom stereocenters. The first-order chi connectivity index (χ1) is 11.8. The molecule has 0 aliphatic carbocycles. The normalized spacial score (nSPS) is 12.3. The molecule has 0 aliphatic heterocycles. The minimum absolute atomic E-state index is 0.201. The minimum atomic E-state index is -0.544. The van der Waals surface area contributed by atoms with Gasteiger partial charge < -0.3 is 15.4 Å². The maximum absolute atomic E-state index is 12.4. The zero-order chi connectivity index (χ0) is 18.1. The van der Waals surface area contributed by atoms with E-state index in [1.165, 1.54) is 22.1 Å². The van der Waals surface area contributed by atoms with Crippen LogP contribution in [0.25, 0.3) is 10.2 Å². The van der Waals surface area contributed by atoms with Crippen molar-refractivity contribution in [3.8, 4) is 0 Å². The van der Waals surface area contributed by atoms with Crippen LogP contribution in [0, 0.1) is 29.9 Å². The molecule has 0 saturated heterocycles. The van der Waals surface area contributed by atoms with Crippen LogP contribution in [0.15, 0.2) is 24.3 Å². The van der Waals surface area contributed by atoms with Crippen molar-refractivity contribution in [2.75, 3.05) is 5.32 Å². The van der Waals surface area contributed by atoms with Gasteiger partial charge in [0.15, 0.2) is 5.13 Å². The summed E-state index contributed by atoms with van der Waals surface area (Å²) in [6, 6.07) is 7.31. The second kappa shape index (κ2) is 6.60. The van der Waals surface area contributed by atoms with Gasteiger partial charge in [-0.25, -0.2) is 4.98 Å². The van der Waals surface area contributed by atoms with Gasteiger partial charge in [0.05, 0.1) is 39.5 Å². The Labute approximate surface area is 147 Å². The third-order valence-electron chi connectivity index (χ3n) is 3.82. The molecule has 0 bridgehead atoms. The number of aryl methyl sites for hydroxylation is 2. The number of rotatable bonds is 5. The van der Waals surface area contributed by atoms with Crippen LogP contribution >= 0.6 is 11.3 Å². The fourth-order valence-corrected chi connectivity index (χ4v) is 3.39. The molecule has 1 aromatic carbocycles. The Morgan fingerprint density at radius 3 is 2.84 bits per heavy atom. The predicted octanol–water partition coefficient (Wildman–Crippen LogP) is 3.29. The summed E-state index contributed by atoms with van der Waals surface area (Å²) >= 11 is 1.42. The van der Waals surface area contributed by atoms with Crippen LogP contribution < -0.4 is 5.32 Å². The summed E-state index contributed by atoms with van der Waals surface area (Å²) in [6.45, 7) is 5.74. The second-order valence-electron chi connectivity index (χ2n) is 5.96. The van der Waals surface area contributed by atoms with Gasteiger partial charge in [0.1, 0.15) is 0 Å². The highest BCUT2D eigenvalue weighted by atomic mass is 32.1. The van der Waals surface area contributed by atoms with Crippen LogP contribution in [0.4, 0.5) is 10.9 Å². The first-order valence-electron chi connectivity index (χ1n) is 7.70. The first kappa shape index (κ1) is 17.0. The molecule has 0 radical (unpaired) electrons. The van der Waals surface area contributed by atoms with Crippen molar-refractivity contribution in [2.45, 2.75) is 27.3 Å². The summed E-state index contributed by atoms with van der Waals surface area (Å²) in [4.78, 5) is 27.0. The van der Waals surface area contributed by atoms with Crippen molar-refractivity contribution in [3.05, 3.63) is 45.6 Å². The van der Waals surface area contributed by atoms with Crippen molar-refractivity contribution in [2.24, 2.45) is 5.92 Å². The number of nitrogens with one attached hydrogen (secondary N) is 1. The predicted molar refractivity (Wildman–Crippen MR) is 95.8 cm³/mol. The highest BCUT2D eigenvalue weighted by Crippen LogP contribution is 2.27. The summed E-state index contributed by atoms with van der Waals surface area (Å²) in [5.74, 6) is -0.827. The number of fused-ring (bicyclic) bond motifs is 1. The number of aromatic nitrogens is 3. The number of thiazole rings is 1. The number of benzene rings is 1. The Kier molecular flexibility index (Phi) is 4.49. The highest BCUT2D eigenvalue weighted by Gasteiger charge is 2.21. The Bertz CT molecular complexity index is 962. The Balaban J connectivity index is 1.70. The van der Waals surface area contributed by atoms with E-state index in [2.05, 4.69) is 15.4 Å². The van der Waals surface area contributed by atoms with Gasteiger partial charge in [-0.05, 0) is 36.5 Å². The third kappa shape index (κ3) is 3.66. The molecule has 3 aromatic rings. The Morgan fingerprint density at radius 1 is 1.40 bits per heavy atom. The third-order valence-corrected chi connectivity index (χ3v) is 4.76. The fraction of sp³-hybridized carbons (Fsp3) is 0.312. The van der Waals surface area contributed by atoms with Gasteiger partial charge in [-0.1, -0.05) is 24.3 Å². The zero-order valence-electron chi connectivity index (χ0n) is 14.0. The van der Waals surface area contributed by atoms with E-state index in [1.807, 2.05) is 25.1 Å². The molecule has 0 saturated carbocycles. The lowest BCUT2D eigenvalue weighted by Crippen LogP contribution is -2.25. The van der Waals surface area contributed by atoms with Crippen LogP contribution in [0.1, 0.15) is 18.2 Å². The summed E-state index contributed by atoms with van der Waals surface area (Å²) in [6.07, 6.45) is 0. The highest BCUT2D eigenvalue weighted by molar-refractivity contribution is 7.22. The van der Waals surface area contributed by atoms with E-state index < -0.39 is 10.8 Å².